The van der Waals surface area contributed by atoms with Crippen molar-refractivity contribution in [3.63, 3.8) is 0 Å². The Morgan fingerprint density at radius 3 is 2.67 bits per heavy atom. The van der Waals surface area contributed by atoms with Gasteiger partial charge in [0.2, 0.25) is 0 Å². The van der Waals surface area contributed by atoms with E-state index in [2.05, 4.69) is 40.1 Å². The molecule has 0 radical (unpaired) electrons. The molecule has 5 heteroatoms. The Morgan fingerprint density at radius 1 is 1.39 bits per heavy atom. The number of hydrogen-bond donors (Lipinski definition) is 1. The predicted molar refractivity (Wildman–Crippen MR) is 71.4 cm³/mol. The van der Waals surface area contributed by atoms with Crippen LogP contribution in [0.4, 0.5) is 0 Å². The minimum absolute atomic E-state index is 0.145. The second-order valence-electron chi connectivity index (χ2n) is 4.40. The molecular weight excluding hydrogens is 226 g/mol. The highest BCUT2D eigenvalue weighted by molar-refractivity contribution is 5.25. The first-order valence-corrected chi connectivity index (χ1v) is 6.42. The third-order valence-corrected chi connectivity index (χ3v) is 3.17. The summed E-state index contributed by atoms with van der Waals surface area (Å²) in [7, 11) is 3.90. The molecule has 1 N–H and O–H groups in total. The van der Waals surface area contributed by atoms with Gasteiger partial charge in [-0.2, -0.15) is 10.2 Å². The predicted octanol–water partition coefficient (Wildman–Crippen LogP) is 1.51. The lowest BCUT2D eigenvalue weighted by Gasteiger charge is -2.15. The van der Waals surface area contributed by atoms with Crippen molar-refractivity contribution in [1.82, 2.24) is 24.9 Å². The summed E-state index contributed by atoms with van der Waals surface area (Å²) < 4.78 is 3.89. The van der Waals surface area contributed by atoms with Crippen LogP contribution in [0.15, 0.2) is 18.5 Å². The van der Waals surface area contributed by atoms with Gasteiger partial charge in [0.05, 0.1) is 23.6 Å². The van der Waals surface area contributed by atoms with Gasteiger partial charge in [-0.3, -0.25) is 9.36 Å². The highest BCUT2D eigenvalue weighted by Crippen LogP contribution is 2.22. The average Bonchev–Trinajstić information content (AvgIpc) is 2.97. The Kier molecular flexibility index (Phi) is 3.81. The van der Waals surface area contributed by atoms with Crippen molar-refractivity contribution in [2.75, 3.05) is 7.05 Å². The highest BCUT2D eigenvalue weighted by atomic mass is 15.3. The van der Waals surface area contributed by atoms with Crippen LogP contribution < -0.4 is 5.32 Å². The van der Waals surface area contributed by atoms with Gasteiger partial charge in [0, 0.05) is 25.4 Å². The van der Waals surface area contributed by atoms with E-state index in [0.717, 1.165) is 24.2 Å². The van der Waals surface area contributed by atoms with Crippen molar-refractivity contribution in [2.24, 2.45) is 7.05 Å². The summed E-state index contributed by atoms with van der Waals surface area (Å²) in [6.07, 6.45) is 4.91. The molecule has 2 aromatic heterocycles. The molecule has 0 aliphatic rings. The Balaban J connectivity index is 2.40. The third-order valence-electron chi connectivity index (χ3n) is 3.17. The molecule has 0 aliphatic carbocycles. The molecule has 0 amide bonds. The van der Waals surface area contributed by atoms with Crippen LogP contribution in [0.25, 0.3) is 0 Å². The smallest absolute Gasteiger partial charge is 0.0776 e. The van der Waals surface area contributed by atoms with E-state index in [1.807, 2.05) is 31.2 Å². The lowest BCUT2D eigenvalue weighted by Crippen LogP contribution is -2.21. The summed E-state index contributed by atoms with van der Waals surface area (Å²) in [5.41, 5.74) is 3.50. The number of aromatic nitrogens is 4. The van der Waals surface area contributed by atoms with Crippen molar-refractivity contribution in [3.05, 3.63) is 35.4 Å². The first-order valence-electron chi connectivity index (χ1n) is 6.42. The molecule has 1 atom stereocenters. The van der Waals surface area contributed by atoms with Crippen LogP contribution in [-0.4, -0.2) is 26.6 Å². The minimum atomic E-state index is 0.145. The fraction of sp³-hybridized carbons (Fsp3) is 0.538. The molecule has 18 heavy (non-hydrogen) atoms. The second-order valence-corrected chi connectivity index (χ2v) is 4.40. The van der Waals surface area contributed by atoms with Crippen molar-refractivity contribution in [3.8, 4) is 0 Å². The Labute approximate surface area is 108 Å². The Bertz CT molecular complexity index is 511. The molecule has 5 nitrogen and oxygen atoms in total. The van der Waals surface area contributed by atoms with Crippen molar-refractivity contribution >= 4 is 0 Å². The molecule has 1 unspecified atom stereocenters. The lowest BCUT2D eigenvalue weighted by atomic mass is 10.1. The van der Waals surface area contributed by atoms with Crippen molar-refractivity contribution in [2.45, 2.75) is 32.9 Å². The molecule has 0 aromatic carbocycles. The molecule has 98 valence electrons. The van der Waals surface area contributed by atoms with Crippen molar-refractivity contribution < 1.29 is 0 Å². The largest absolute Gasteiger partial charge is 0.308 e. The molecule has 0 bridgehead atoms. The summed E-state index contributed by atoms with van der Waals surface area (Å²) in [5, 5.41) is 12.2. The maximum Gasteiger partial charge on any atom is 0.0776 e. The SMILES string of the molecule is CCc1cc(C(NC)c2cnn(C)c2)n(CC)n1. The number of nitrogens with zero attached hydrogens (tertiary/aromatic N) is 4. The number of rotatable bonds is 5. The van der Waals surface area contributed by atoms with E-state index >= 15 is 0 Å². The van der Waals surface area contributed by atoms with Crippen LogP contribution in [0.3, 0.4) is 0 Å². The molecule has 2 heterocycles. The molecule has 0 saturated heterocycles. The number of nitrogens with one attached hydrogen (secondary N) is 1. The maximum atomic E-state index is 4.60. The fourth-order valence-electron chi connectivity index (χ4n) is 2.22. The lowest BCUT2D eigenvalue weighted by molar-refractivity contribution is 0.560. The van der Waals surface area contributed by atoms with Gasteiger partial charge in [-0.1, -0.05) is 6.92 Å². The van der Waals surface area contributed by atoms with E-state index in [0.29, 0.717) is 0 Å². The van der Waals surface area contributed by atoms with Gasteiger partial charge in [-0.15, -0.1) is 0 Å². The average molecular weight is 247 g/mol. The quantitative estimate of drug-likeness (QED) is 0.871. The summed E-state index contributed by atoms with van der Waals surface area (Å²) >= 11 is 0. The number of aryl methyl sites for hydroxylation is 3. The summed E-state index contributed by atoms with van der Waals surface area (Å²) in [5.74, 6) is 0. The van der Waals surface area contributed by atoms with Crippen LogP contribution in [0.2, 0.25) is 0 Å². The van der Waals surface area contributed by atoms with E-state index < -0.39 is 0 Å². The summed E-state index contributed by atoms with van der Waals surface area (Å²) in [6, 6.07) is 2.32. The third kappa shape index (κ3) is 2.31. The molecule has 0 spiro atoms. The van der Waals surface area contributed by atoms with Crippen LogP contribution in [0.5, 0.6) is 0 Å². The molecule has 2 aromatic rings. The normalized spacial score (nSPS) is 12.9. The maximum absolute atomic E-state index is 4.60. The van der Waals surface area contributed by atoms with E-state index in [9.17, 15) is 0 Å². The van der Waals surface area contributed by atoms with E-state index in [1.54, 1.807) is 0 Å². The van der Waals surface area contributed by atoms with Gasteiger partial charge < -0.3 is 5.32 Å². The zero-order chi connectivity index (χ0) is 13.1. The highest BCUT2D eigenvalue weighted by Gasteiger charge is 2.19. The standard InChI is InChI=1S/C13H21N5/c1-5-11-7-12(18(6-2)16-11)13(14-3)10-8-15-17(4)9-10/h7-9,13-14H,5-6H2,1-4H3. The van der Waals surface area contributed by atoms with Gasteiger partial charge in [0.1, 0.15) is 0 Å². The van der Waals surface area contributed by atoms with Crippen LogP contribution >= 0.6 is 0 Å². The van der Waals surface area contributed by atoms with E-state index in [-0.39, 0.29) is 6.04 Å². The van der Waals surface area contributed by atoms with Gasteiger partial charge in [-0.05, 0) is 26.5 Å². The molecule has 0 fully saturated rings. The fourth-order valence-corrected chi connectivity index (χ4v) is 2.22. The van der Waals surface area contributed by atoms with Gasteiger partial charge in [0.15, 0.2) is 0 Å². The molecule has 2 rings (SSSR count). The zero-order valence-electron chi connectivity index (χ0n) is 11.5. The van der Waals surface area contributed by atoms with Crippen LogP contribution in [0, 0.1) is 0 Å². The Morgan fingerprint density at radius 2 is 2.17 bits per heavy atom. The topological polar surface area (TPSA) is 47.7 Å². The molecular formula is C13H21N5. The van der Waals surface area contributed by atoms with E-state index in [4.69, 9.17) is 0 Å². The van der Waals surface area contributed by atoms with Gasteiger partial charge in [0.25, 0.3) is 0 Å². The first kappa shape index (κ1) is 12.8. The summed E-state index contributed by atoms with van der Waals surface area (Å²) in [4.78, 5) is 0. The number of hydrogen-bond acceptors (Lipinski definition) is 3. The van der Waals surface area contributed by atoms with Gasteiger partial charge in [-0.25, -0.2) is 0 Å². The van der Waals surface area contributed by atoms with Crippen molar-refractivity contribution in [1.29, 1.82) is 0 Å². The minimum Gasteiger partial charge on any atom is -0.308 e. The molecule has 0 saturated carbocycles. The molecule has 0 aliphatic heterocycles. The second kappa shape index (κ2) is 5.35. The van der Waals surface area contributed by atoms with Gasteiger partial charge >= 0.3 is 0 Å². The summed E-state index contributed by atoms with van der Waals surface area (Å²) in [6.45, 7) is 5.13. The monoisotopic (exact) mass is 247 g/mol. The first-order chi connectivity index (χ1) is 8.69. The van der Waals surface area contributed by atoms with Crippen LogP contribution in [0.1, 0.15) is 36.8 Å². The van der Waals surface area contributed by atoms with Crippen LogP contribution in [-0.2, 0) is 20.0 Å². The van der Waals surface area contributed by atoms with E-state index in [1.165, 1.54) is 5.69 Å². The Hall–Kier alpha value is -1.62. The zero-order valence-corrected chi connectivity index (χ0v) is 11.5.